The second-order valence-corrected chi connectivity index (χ2v) is 2.77. The van der Waals surface area contributed by atoms with Gasteiger partial charge in [-0.1, -0.05) is 0 Å². The Morgan fingerprint density at radius 3 is 3.00 bits per heavy atom. The van der Waals surface area contributed by atoms with Gasteiger partial charge in [0.2, 0.25) is 0 Å². The molecule has 1 N–H and O–H groups in total. The van der Waals surface area contributed by atoms with Gasteiger partial charge < -0.3 is 5.11 Å². The first-order chi connectivity index (χ1) is 5.74. The zero-order chi connectivity index (χ0) is 8.97. The Labute approximate surface area is 72.4 Å². The van der Waals surface area contributed by atoms with Gasteiger partial charge in [0.05, 0.1) is 0 Å². The number of thiazole rings is 1. The fourth-order valence-corrected chi connectivity index (χ4v) is 1.14. The zero-order valence-corrected chi connectivity index (χ0v) is 6.71. The average molecular weight is 180 g/mol. The highest BCUT2D eigenvalue weighted by atomic mass is 32.1. The van der Waals surface area contributed by atoms with E-state index in [4.69, 9.17) is 10.4 Å². The van der Waals surface area contributed by atoms with Gasteiger partial charge in [0.15, 0.2) is 0 Å². The maximum atomic E-state index is 10.3. The molecule has 0 radical (unpaired) electrons. The van der Waals surface area contributed by atoms with E-state index in [1.54, 1.807) is 17.6 Å². The number of carboxylic acids is 1. The van der Waals surface area contributed by atoms with E-state index in [2.05, 4.69) is 4.98 Å². The molecule has 0 amide bonds. The molecule has 1 aromatic rings. The maximum Gasteiger partial charge on any atom is 0.346 e. The van der Waals surface area contributed by atoms with Crippen molar-refractivity contribution in [3.05, 3.63) is 22.2 Å². The predicted octanol–water partition coefficient (Wildman–Crippen LogP) is 1.13. The molecule has 0 atom stereocenters. The summed E-state index contributed by atoms with van der Waals surface area (Å²) in [6.07, 6.45) is 2.79. The van der Waals surface area contributed by atoms with E-state index in [0.717, 1.165) is 0 Å². The van der Waals surface area contributed by atoms with Crippen molar-refractivity contribution in [2.24, 2.45) is 0 Å². The van der Waals surface area contributed by atoms with Gasteiger partial charge in [-0.2, -0.15) is 5.26 Å². The molecule has 0 bridgehead atoms. The van der Waals surface area contributed by atoms with Crippen LogP contribution in [0.5, 0.6) is 0 Å². The molecule has 0 aliphatic heterocycles. The molecule has 0 spiro atoms. The summed E-state index contributed by atoms with van der Waals surface area (Å²) in [5.41, 5.74) is -0.301. The first-order valence-electron chi connectivity index (χ1n) is 2.98. The molecule has 1 rings (SSSR count). The van der Waals surface area contributed by atoms with Crippen LogP contribution in [0.4, 0.5) is 0 Å². The van der Waals surface area contributed by atoms with Crippen molar-refractivity contribution < 1.29 is 9.90 Å². The number of rotatable bonds is 2. The normalized spacial score (nSPS) is 10.8. The standard InChI is InChI=1S/C7H4N2O2S/c8-4-5(7(10)11)3-6-9-1-2-12-6/h1-3H,(H,10,11)/b5-3+. The molecule has 4 nitrogen and oxygen atoms in total. The average Bonchev–Trinajstić information content (AvgIpc) is 2.51. The predicted molar refractivity (Wildman–Crippen MR) is 43.3 cm³/mol. The lowest BCUT2D eigenvalue weighted by Crippen LogP contribution is -1.96. The summed E-state index contributed by atoms with van der Waals surface area (Å²) in [6, 6.07) is 1.57. The first kappa shape index (κ1) is 8.43. The molecule has 0 saturated carbocycles. The van der Waals surface area contributed by atoms with Crippen LogP contribution in [0, 0.1) is 11.3 Å². The smallest absolute Gasteiger partial charge is 0.346 e. The summed E-state index contributed by atoms with van der Waals surface area (Å²) in [5, 5.41) is 19.1. The molecule has 0 fully saturated rings. The van der Waals surface area contributed by atoms with Crippen LogP contribution in [-0.2, 0) is 4.79 Å². The topological polar surface area (TPSA) is 74.0 Å². The summed E-state index contributed by atoms with van der Waals surface area (Å²) in [6.45, 7) is 0. The number of nitrogens with zero attached hydrogens (tertiary/aromatic N) is 2. The summed E-state index contributed by atoms with van der Waals surface area (Å²) in [5.74, 6) is -1.23. The summed E-state index contributed by atoms with van der Waals surface area (Å²) in [4.78, 5) is 14.2. The number of hydrogen-bond acceptors (Lipinski definition) is 4. The van der Waals surface area contributed by atoms with Crippen molar-refractivity contribution in [2.45, 2.75) is 0 Å². The number of aliphatic carboxylic acids is 1. The van der Waals surface area contributed by atoms with Gasteiger partial charge in [-0.15, -0.1) is 11.3 Å². The van der Waals surface area contributed by atoms with Gasteiger partial charge >= 0.3 is 5.97 Å². The van der Waals surface area contributed by atoms with Gasteiger partial charge in [-0.25, -0.2) is 9.78 Å². The van der Waals surface area contributed by atoms with E-state index < -0.39 is 5.97 Å². The first-order valence-corrected chi connectivity index (χ1v) is 3.86. The molecule has 0 saturated heterocycles. The Morgan fingerprint density at radius 2 is 2.58 bits per heavy atom. The fourth-order valence-electron chi connectivity index (χ4n) is 0.571. The minimum atomic E-state index is -1.23. The van der Waals surface area contributed by atoms with E-state index in [1.807, 2.05) is 0 Å². The highest BCUT2D eigenvalue weighted by Gasteiger charge is 2.05. The number of carboxylic acid groups (broad SMARTS) is 1. The molecule has 1 heterocycles. The summed E-state index contributed by atoms with van der Waals surface area (Å²) >= 11 is 1.28. The number of carbonyl (C=O) groups is 1. The Kier molecular flexibility index (Phi) is 2.56. The lowest BCUT2D eigenvalue weighted by atomic mass is 10.3. The molecule has 0 unspecified atom stereocenters. The Balaban J connectivity index is 2.95. The number of nitriles is 1. The van der Waals surface area contributed by atoms with Gasteiger partial charge in [0.1, 0.15) is 16.6 Å². The van der Waals surface area contributed by atoms with Crippen LogP contribution < -0.4 is 0 Å². The molecule has 5 heteroatoms. The Bertz CT molecular complexity index is 348. The van der Waals surface area contributed by atoms with E-state index >= 15 is 0 Å². The lowest BCUT2D eigenvalue weighted by Gasteiger charge is -1.85. The molecule has 60 valence electrons. The van der Waals surface area contributed by atoms with Crippen molar-refractivity contribution in [1.82, 2.24) is 4.98 Å². The van der Waals surface area contributed by atoms with E-state index in [0.29, 0.717) is 5.01 Å². The van der Waals surface area contributed by atoms with Crippen molar-refractivity contribution in [3.8, 4) is 6.07 Å². The van der Waals surface area contributed by atoms with Gasteiger partial charge in [0.25, 0.3) is 0 Å². The maximum absolute atomic E-state index is 10.3. The second kappa shape index (κ2) is 3.64. The third kappa shape index (κ3) is 1.90. The molecular weight excluding hydrogens is 176 g/mol. The SMILES string of the molecule is N#C/C(=C\c1nccs1)C(=O)O. The second-order valence-electron chi connectivity index (χ2n) is 1.85. The monoisotopic (exact) mass is 180 g/mol. The molecule has 0 aliphatic rings. The van der Waals surface area contributed by atoms with Crippen molar-refractivity contribution in [3.63, 3.8) is 0 Å². The van der Waals surface area contributed by atoms with Crippen LogP contribution in [0.3, 0.4) is 0 Å². The quantitative estimate of drug-likeness (QED) is 0.547. The van der Waals surface area contributed by atoms with Gasteiger partial charge in [-0.3, -0.25) is 0 Å². The zero-order valence-electron chi connectivity index (χ0n) is 5.89. The summed E-state index contributed by atoms with van der Waals surface area (Å²) in [7, 11) is 0. The van der Waals surface area contributed by atoms with Crippen LogP contribution >= 0.6 is 11.3 Å². The third-order valence-corrected chi connectivity index (χ3v) is 1.79. The van der Waals surface area contributed by atoms with Crippen molar-refractivity contribution >= 4 is 23.4 Å². The van der Waals surface area contributed by atoms with Gasteiger partial charge in [-0.05, 0) is 6.08 Å². The van der Waals surface area contributed by atoms with Crippen LogP contribution in [0.2, 0.25) is 0 Å². The van der Waals surface area contributed by atoms with E-state index in [1.165, 1.54) is 17.4 Å². The van der Waals surface area contributed by atoms with Crippen LogP contribution in [-0.4, -0.2) is 16.1 Å². The molecule has 0 aliphatic carbocycles. The molecule has 0 aromatic carbocycles. The fraction of sp³-hybridized carbons (Fsp3) is 0. The Morgan fingerprint density at radius 1 is 1.83 bits per heavy atom. The molecular formula is C7H4N2O2S. The van der Waals surface area contributed by atoms with Crippen LogP contribution in [0.25, 0.3) is 6.08 Å². The van der Waals surface area contributed by atoms with E-state index in [9.17, 15) is 4.79 Å². The Hall–Kier alpha value is -1.67. The highest BCUT2D eigenvalue weighted by molar-refractivity contribution is 7.10. The third-order valence-electron chi connectivity index (χ3n) is 1.07. The highest BCUT2D eigenvalue weighted by Crippen LogP contribution is 2.09. The minimum Gasteiger partial charge on any atom is -0.477 e. The van der Waals surface area contributed by atoms with Crippen LogP contribution in [0.1, 0.15) is 5.01 Å². The molecule has 12 heavy (non-hydrogen) atoms. The van der Waals surface area contributed by atoms with Gasteiger partial charge in [0, 0.05) is 11.6 Å². The van der Waals surface area contributed by atoms with Crippen molar-refractivity contribution in [2.75, 3.05) is 0 Å². The minimum absolute atomic E-state index is 0.301. The van der Waals surface area contributed by atoms with Crippen molar-refractivity contribution in [1.29, 1.82) is 5.26 Å². The number of aromatic nitrogens is 1. The summed E-state index contributed by atoms with van der Waals surface area (Å²) < 4.78 is 0. The van der Waals surface area contributed by atoms with E-state index in [-0.39, 0.29) is 5.57 Å². The lowest BCUT2D eigenvalue weighted by molar-refractivity contribution is -0.132. The molecule has 1 aromatic heterocycles. The number of hydrogen-bond donors (Lipinski definition) is 1. The largest absolute Gasteiger partial charge is 0.477 e. The van der Waals surface area contributed by atoms with Crippen LogP contribution in [0.15, 0.2) is 17.2 Å².